The van der Waals surface area contributed by atoms with Crippen molar-refractivity contribution in [3.05, 3.63) is 12.2 Å². The molecule has 0 aliphatic heterocycles. The predicted molar refractivity (Wildman–Crippen MR) is 131 cm³/mol. The first-order valence-corrected chi connectivity index (χ1v) is 12.1. The van der Waals surface area contributed by atoms with Crippen molar-refractivity contribution < 1.29 is 28.7 Å². The average molecular weight is 485 g/mol. The summed E-state index contributed by atoms with van der Waals surface area (Å²) in [7, 11) is 0. The molecule has 0 radical (unpaired) electrons. The highest BCUT2D eigenvalue weighted by molar-refractivity contribution is 5.91. The number of hydrogen-bond acceptors (Lipinski definition) is 6. The third-order valence-corrected chi connectivity index (χ3v) is 5.49. The molecule has 0 bridgehead atoms. The molecular formula is C24H44N4O6. The first kappa shape index (κ1) is 31.2. The molecule has 0 rings (SSSR count). The number of ether oxygens (including phenoxy) is 2. The molecule has 0 saturated carbocycles. The van der Waals surface area contributed by atoms with Crippen LogP contribution >= 0.6 is 0 Å². The number of rotatable bonds is 14. The first-order valence-electron chi connectivity index (χ1n) is 12.1. The largest absolute Gasteiger partial charge is 0.460 e. The minimum atomic E-state index is -0.713. The second kappa shape index (κ2) is 16.8. The molecule has 0 aliphatic rings. The number of amides is 4. The van der Waals surface area contributed by atoms with Crippen LogP contribution < -0.4 is 10.6 Å². The van der Waals surface area contributed by atoms with Crippen LogP contribution in [0.1, 0.15) is 55.4 Å². The van der Waals surface area contributed by atoms with E-state index in [1.165, 1.54) is 0 Å². The lowest BCUT2D eigenvalue weighted by Crippen LogP contribution is -2.48. The van der Waals surface area contributed by atoms with Crippen molar-refractivity contribution >= 4 is 24.0 Å². The number of hydrogen-bond donors (Lipinski definition) is 2. The molecule has 10 heteroatoms. The van der Waals surface area contributed by atoms with Crippen LogP contribution in [0.15, 0.2) is 12.2 Å². The Kier molecular flexibility index (Phi) is 15.4. The normalized spacial score (nSPS) is 12.9. The minimum absolute atomic E-state index is 0.0181. The highest BCUT2D eigenvalue weighted by atomic mass is 16.5. The molecule has 0 unspecified atom stereocenters. The lowest BCUT2D eigenvalue weighted by Gasteiger charge is -2.26. The lowest BCUT2D eigenvalue weighted by molar-refractivity contribution is -0.141. The van der Waals surface area contributed by atoms with E-state index in [1.54, 1.807) is 9.80 Å². The van der Waals surface area contributed by atoms with Crippen molar-refractivity contribution in [1.82, 2.24) is 20.4 Å². The zero-order valence-electron chi connectivity index (χ0n) is 22.1. The van der Waals surface area contributed by atoms with E-state index in [2.05, 4.69) is 10.6 Å². The van der Waals surface area contributed by atoms with Gasteiger partial charge in [0.1, 0.15) is 13.2 Å². The van der Waals surface area contributed by atoms with E-state index in [9.17, 15) is 19.2 Å². The molecule has 0 heterocycles. The summed E-state index contributed by atoms with van der Waals surface area (Å²) in [5, 5.41) is 5.74. The molecule has 0 fully saturated rings. The van der Waals surface area contributed by atoms with E-state index in [0.29, 0.717) is 26.2 Å². The van der Waals surface area contributed by atoms with Gasteiger partial charge >= 0.3 is 24.0 Å². The standard InChI is InChI=1S/C24H44N4O6/c1-9-27(10-2)23(31)25-19(17(5)6)15-33-21(29)13-14-22(30)34-16-20(18(7)8)26-24(32)28(11-3)12-4/h13-14,17-20H,9-12,15-16H2,1-8H3,(H,25,31)(H,26,32)/b14-13+/t19-,20-/m0/s1. The fourth-order valence-corrected chi connectivity index (χ4v) is 2.90. The summed E-state index contributed by atoms with van der Waals surface area (Å²) < 4.78 is 10.4. The Bertz CT molecular complexity index is 616. The van der Waals surface area contributed by atoms with Crippen molar-refractivity contribution in [3.63, 3.8) is 0 Å². The molecule has 0 aromatic rings. The molecular weight excluding hydrogens is 440 g/mol. The Balaban J connectivity index is 4.70. The van der Waals surface area contributed by atoms with E-state index in [-0.39, 0.29) is 49.2 Å². The number of nitrogens with zero attached hydrogens (tertiary/aromatic N) is 2. The van der Waals surface area contributed by atoms with Crippen LogP contribution in [0.4, 0.5) is 9.59 Å². The maximum absolute atomic E-state index is 12.3. The summed E-state index contributed by atoms with van der Waals surface area (Å²) in [5.74, 6) is -1.34. The van der Waals surface area contributed by atoms with Gasteiger partial charge in [0.25, 0.3) is 0 Å². The van der Waals surface area contributed by atoms with Gasteiger partial charge in [-0.25, -0.2) is 19.2 Å². The fraction of sp³-hybridized carbons (Fsp3) is 0.750. The Labute approximate surface area is 204 Å². The van der Waals surface area contributed by atoms with E-state index in [0.717, 1.165) is 12.2 Å². The van der Waals surface area contributed by atoms with Gasteiger partial charge in [0.15, 0.2) is 0 Å². The number of esters is 2. The lowest BCUT2D eigenvalue weighted by atomic mass is 10.1. The van der Waals surface area contributed by atoms with Crippen molar-refractivity contribution in [2.75, 3.05) is 39.4 Å². The topological polar surface area (TPSA) is 117 Å². The Morgan fingerprint density at radius 2 is 0.941 bits per heavy atom. The van der Waals surface area contributed by atoms with Crippen molar-refractivity contribution in [3.8, 4) is 0 Å². The molecule has 0 saturated heterocycles. The number of nitrogens with one attached hydrogen (secondary N) is 2. The first-order chi connectivity index (χ1) is 16.0. The second-order valence-electron chi connectivity index (χ2n) is 8.54. The Morgan fingerprint density at radius 1 is 0.647 bits per heavy atom. The summed E-state index contributed by atoms with van der Waals surface area (Å²) in [6, 6.07) is -1.16. The summed E-state index contributed by atoms with van der Waals surface area (Å²) in [5.41, 5.74) is 0. The van der Waals surface area contributed by atoms with E-state index in [1.807, 2.05) is 55.4 Å². The summed E-state index contributed by atoms with van der Waals surface area (Å²) in [4.78, 5) is 51.9. The van der Waals surface area contributed by atoms with E-state index < -0.39 is 11.9 Å². The van der Waals surface area contributed by atoms with Crippen LogP contribution in [-0.4, -0.2) is 85.3 Å². The van der Waals surface area contributed by atoms with E-state index in [4.69, 9.17) is 9.47 Å². The van der Waals surface area contributed by atoms with Gasteiger partial charge in [-0.15, -0.1) is 0 Å². The van der Waals surface area contributed by atoms with Crippen LogP contribution in [0.25, 0.3) is 0 Å². The number of urea groups is 2. The quantitative estimate of drug-likeness (QED) is 0.289. The maximum Gasteiger partial charge on any atom is 0.331 e. The average Bonchev–Trinajstić information content (AvgIpc) is 2.78. The molecule has 2 N–H and O–H groups in total. The highest BCUT2D eigenvalue weighted by Crippen LogP contribution is 2.06. The van der Waals surface area contributed by atoms with Gasteiger partial charge in [0, 0.05) is 38.3 Å². The summed E-state index contributed by atoms with van der Waals surface area (Å²) in [6.07, 6.45) is 1.98. The zero-order valence-corrected chi connectivity index (χ0v) is 22.1. The monoisotopic (exact) mass is 484 g/mol. The SMILES string of the molecule is CCN(CC)C(=O)N[C@@H](COC(=O)/C=C/C(=O)OC[C@H](NC(=O)N(CC)CC)C(C)C)C(C)C. The van der Waals surface area contributed by atoms with Gasteiger partial charge < -0.3 is 29.9 Å². The summed E-state index contributed by atoms with van der Waals surface area (Å²) >= 11 is 0. The highest BCUT2D eigenvalue weighted by Gasteiger charge is 2.21. The molecule has 2 atom stereocenters. The van der Waals surface area contributed by atoms with Gasteiger partial charge in [-0.1, -0.05) is 27.7 Å². The number of carbonyl (C=O) groups is 4. The molecule has 34 heavy (non-hydrogen) atoms. The van der Waals surface area contributed by atoms with Gasteiger partial charge in [-0.2, -0.15) is 0 Å². The molecule has 0 aromatic heterocycles. The van der Waals surface area contributed by atoms with Crippen LogP contribution in [0.3, 0.4) is 0 Å². The van der Waals surface area contributed by atoms with Gasteiger partial charge in [-0.3, -0.25) is 0 Å². The number of carbonyl (C=O) groups excluding carboxylic acids is 4. The Hall–Kier alpha value is -2.78. The Morgan fingerprint density at radius 3 is 1.18 bits per heavy atom. The maximum atomic E-state index is 12.3. The van der Waals surface area contributed by atoms with Gasteiger partial charge in [0.2, 0.25) is 0 Å². The van der Waals surface area contributed by atoms with Crippen LogP contribution in [0.2, 0.25) is 0 Å². The second-order valence-corrected chi connectivity index (χ2v) is 8.54. The van der Waals surface area contributed by atoms with Crippen molar-refractivity contribution in [2.45, 2.75) is 67.5 Å². The molecule has 196 valence electrons. The van der Waals surface area contributed by atoms with Crippen LogP contribution in [-0.2, 0) is 19.1 Å². The fourth-order valence-electron chi connectivity index (χ4n) is 2.90. The summed E-state index contributed by atoms with van der Waals surface area (Å²) in [6.45, 7) is 17.5. The molecule has 0 aliphatic carbocycles. The molecule has 10 nitrogen and oxygen atoms in total. The van der Waals surface area contributed by atoms with Gasteiger partial charge in [0.05, 0.1) is 12.1 Å². The van der Waals surface area contributed by atoms with E-state index >= 15 is 0 Å². The smallest absolute Gasteiger partial charge is 0.331 e. The van der Waals surface area contributed by atoms with Gasteiger partial charge in [-0.05, 0) is 39.5 Å². The third kappa shape index (κ3) is 11.9. The molecule has 0 spiro atoms. The van der Waals surface area contributed by atoms with Crippen molar-refractivity contribution in [1.29, 1.82) is 0 Å². The van der Waals surface area contributed by atoms with Crippen LogP contribution in [0.5, 0.6) is 0 Å². The predicted octanol–water partition coefficient (Wildman–Crippen LogP) is 2.78. The zero-order chi connectivity index (χ0) is 26.3. The molecule has 0 aromatic carbocycles. The molecule has 4 amide bonds. The minimum Gasteiger partial charge on any atom is -0.460 e. The van der Waals surface area contributed by atoms with Crippen LogP contribution in [0, 0.1) is 11.8 Å². The van der Waals surface area contributed by atoms with Crippen molar-refractivity contribution in [2.24, 2.45) is 11.8 Å². The third-order valence-electron chi connectivity index (χ3n) is 5.49.